The highest BCUT2D eigenvalue weighted by atomic mass is 16.5. The lowest BCUT2D eigenvalue weighted by Gasteiger charge is -2.07. The fourth-order valence-electron chi connectivity index (χ4n) is 1.85. The number of rotatable bonds is 2. The van der Waals surface area contributed by atoms with E-state index in [9.17, 15) is 9.90 Å². The Morgan fingerprint density at radius 2 is 2.21 bits per heavy atom. The van der Waals surface area contributed by atoms with Gasteiger partial charge < -0.3 is 15.6 Å². The number of phenols is 1. The minimum Gasteiger partial charge on any atom is -0.507 e. The van der Waals surface area contributed by atoms with Crippen molar-refractivity contribution in [2.45, 2.75) is 19.8 Å². The fraction of sp³-hybridized carbons (Fsp3) is 0.267. The number of carbonyl (C=O) groups is 1. The van der Waals surface area contributed by atoms with Gasteiger partial charge in [0.25, 0.3) is 0 Å². The quantitative estimate of drug-likeness (QED) is 0.486. The molecule has 100 valence electrons. The van der Waals surface area contributed by atoms with Crippen molar-refractivity contribution < 1.29 is 14.6 Å². The van der Waals surface area contributed by atoms with Crippen LogP contribution >= 0.6 is 0 Å². The van der Waals surface area contributed by atoms with Crippen molar-refractivity contribution in [3.8, 4) is 5.75 Å². The number of allylic oxidation sites excluding steroid dienone is 3. The Hall–Kier alpha value is -2.23. The van der Waals surface area contributed by atoms with Crippen molar-refractivity contribution >= 4 is 11.7 Å². The van der Waals surface area contributed by atoms with Crippen LogP contribution in [0.15, 0.2) is 42.2 Å². The largest absolute Gasteiger partial charge is 0.507 e. The first-order valence-corrected chi connectivity index (χ1v) is 6.23. The van der Waals surface area contributed by atoms with Gasteiger partial charge in [0.1, 0.15) is 17.1 Å². The number of aromatic hydroxyl groups is 1. The van der Waals surface area contributed by atoms with E-state index in [1.165, 1.54) is 18.2 Å². The SMILES string of the molecule is CC1CC=CC(OC(=O)c2cc(N)ccc2O)=CC1. The molecule has 0 spiro atoms. The van der Waals surface area contributed by atoms with Crippen molar-refractivity contribution in [1.82, 2.24) is 0 Å². The summed E-state index contributed by atoms with van der Waals surface area (Å²) in [6.45, 7) is 2.13. The number of carbonyl (C=O) groups excluding carboxylic acids is 1. The van der Waals surface area contributed by atoms with Crippen molar-refractivity contribution in [1.29, 1.82) is 0 Å². The Bertz CT molecular complexity index is 546. The summed E-state index contributed by atoms with van der Waals surface area (Å²) in [6, 6.07) is 4.31. The Labute approximate surface area is 112 Å². The highest BCUT2D eigenvalue weighted by molar-refractivity contribution is 5.94. The van der Waals surface area contributed by atoms with E-state index in [2.05, 4.69) is 6.92 Å². The van der Waals surface area contributed by atoms with Gasteiger partial charge in [-0.15, -0.1) is 0 Å². The van der Waals surface area contributed by atoms with Gasteiger partial charge in [-0.2, -0.15) is 0 Å². The molecule has 4 heteroatoms. The van der Waals surface area contributed by atoms with Crippen LogP contribution in [-0.4, -0.2) is 11.1 Å². The third kappa shape index (κ3) is 3.37. The first-order valence-electron chi connectivity index (χ1n) is 6.23. The summed E-state index contributed by atoms with van der Waals surface area (Å²) in [5, 5.41) is 9.64. The number of esters is 1. The highest BCUT2D eigenvalue weighted by Gasteiger charge is 2.15. The van der Waals surface area contributed by atoms with Gasteiger partial charge in [0.15, 0.2) is 0 Å². The van der Waals surface area contributed by atoms with E-state index in [1.54, 1.807) is 6.08 Å². The molecule has 1 aromatic rings. The summed E-state index contributed by atoms with van der Waals surface area (Å²) in [4.78, 5) is 12.0. The minimum atomic E-state index is -0.602. The Morgan fingerprint density at radius 1 is 1.42 bits per heavy atom. The van der Waals surface area contributed by atoms with E-state index in [-0.39, 0.29) is 11.3 Å². The van der Waals surface area contributed by atoms with Gasteiger partial charge in [0, 0.05) is 5.69 Å². The molecular weight excluding hydrogens is 242 g/mol. The van der Waals surface area contributed by atoms with E-state index < -0.39 is 5.97 Å². The number of hydrogen-bond acceptors (Lipinski definition) is 4. The summed E-state index contributed by atoms with van der Waals surface area (Å²) in [6.07, 6.45) is 7.47. The molecule has 1 atom stereocenters. The molecule has 0 fully saturated rings. The zero-order valence-corrected chi connectivity index (χ0v) is 10.8. The standard InChI is InChI=1S/C15H17NO3/c1-10-3-2-4-12(7-5-10)19-15(18)13-9-11(16)6-8-14(13)17/h2,4,6-10,17H,3,5,16H2,1H3. The summed E-state index contributed by atoms with van der Waals surface area (Å²) in [5.74, 6) is 0.311. The van der Waals surface area contributed by atoms with Crippen LogP contribution in [0, 0.1) is 5.92 Å². The molecule has 1 aromatic carbocycles. The van der Waals surface area contributed by atoms with Crippen LogP contribution in [0.25, 0.3) is 0 Å². The second-order valence-corrected chi connectivity index (χ2v) is 4.75. The van der Waals surface area contributed by atoms with Crippen LogP contribution in [0.1, 0.15) is 30.1 Å². The van der Waals surface area contributed by atoms with Gasteiger partial charge >= 0.3 is 5.97 Å². The predicted octanol–water partition coefficient (Wildman–Crippen LogP) is 3.00. The van der Waals surface area contributed by atoms with Crippen molar-refractivity contribution in [2.75, 3.05) is 5.73 Å². The van der Waals surface area contributed by atoms with Crippen LogP contribution in [0.4, 0.5) is 5.69 Å². The number of benzene rings is 1. The van der Waals surface area contributed by atoms with Gasteiger partial charge in [-0.05, 0) is 49.1 Å². The maximum atomic E-state index is 12.0. The lowest BCUT2D eigenvalue weighted by molar-refractivity contribution is 0.0633. The molecule has 0 aliphatic heterocycles. The monoisotopic (exact) mass is 259 g/mol. The second-order valence-electron chi connectivity index (χ2n) is 4.75. The summed E-state index contributed by atoms with van der Waals surface area (Å²) >= 11 is 0. The molecule has 0 radical (unpaired) electrons. The molecule has 0 heterocycles. The second kappa shape index (κ2) is 5.61. The zero-order valence-electron chi connectivity index (χ0n) is 10.8. The van der Waals surface area contributed by atoms with Gasteiger partial charge in [-0.1, -0.05) is 13.0 Å². The first-order chi connectivity index (χ1) is 9.06. The molecule has 0 amide bonds. The molecule has 1 aliphatic carbocycles. The van der Waals surface area contributed by atoms with Gasteiger partial charge in [-0.25, -0.2) is 4.79 Å². The molecule has 3 N–H and O–H groups in total. The van der Waals surface area contributed by atoms with Gasteiger partial charge in [0.2, 0.25) is 0 Å². The molecule has 1 unspecified atom stereocenters. The average Bonchev–Trinajstić information content (AvgIpc) is 2.57. The number of ether oxygens (including phenoxy) is 1. The molecular formula is C15H17NO3. The number of hydrogen-bond donors (Lipinski definition) is 2. The minimum absolute atomic E-state index is 0.0756. The topological polar surface area (TPSA) is 72.5 Å². The zero-order chi connectivity index (χ0) is 13.8. The summed E-state index contributed by atoms with van der Waals surface area (Å²) in [5.41, 5.74) is 6.08. The van der Waals surface area contributed by atoms with E-state index in [0.717, 1.165) is 12.8 Å². The Morgan fingerprint density at radius 3 is 3.00 bits per heavy atom. The van der Waals surface area contributed by atoms with Crippen LogP contribution < -0.4 is 5.73 Å². The highest BCUT2D eigenvalue weighted by Crippen LogP contribution is 2.23. The van der Waals surface area contributed by atoms with Crippen LogP contribution in [0.2, 0.25) is 0 Å². The van der Waals surface area contributed by atoms with E-state index in [0.29, 0.717) is 17.4 Å². The van der Waals surface area contributed by atoms with E-state index in [1.807, 2.05) is 12.2 Å². The van der Waals surface area contributed by atoms with Crippen LogP contribution in [-0.2, 0) is 4.74 Å². The normalized spacial score (nSPS) is 18.6. The lowest BCUT2D eigenvalue weighted by atomic mass is 10.1. The molecule has 0 aromatic heterocycles. The van der Waals surface area contributed by atoms with Gasteiger partial charge in [0.05, 0.1) is 0 Å². The summed E-state index contributed by atoms with van der Waals surface area (Å²) in [7, 11) is 0. The molecule has 0 bridgehead atoms. The number of nitrogens with two attached hydrogens (primary N) is 1. The third-order valence-corrected chi connectivity index (χ3v) is 2.99. The molecule has 0 saturated heterocycles. The number of nitrogen functional groups attached to an aromatic ring is 1. The van der Waals surface area contributed by atoms with Crippen molar-refractivity contribution in [2.24, 2.45) is 5.92 Å². The smallest absolute Gasteiger partial charge is 0.347 e. The predicted molar refractivity (Wildman–Crippen MR) is 73.6 cm³/mol. The van der Waals surface area contributed by atoms with Gasteiger partial charge in [-0.3, -0.25) is 0 Å². The molecule has 4 nitrogen and oxygen atoms in total. The average molecular weight is 259 g/mol. The van der Waals surface area contributed by atoms with Crippen LogP contribution in [0.3, 0.4) is 0 Å². The third-order valence-electron chi connectivity index (χ3n) is 2.99. The molecule has 0 saturated carbocycles. The Kier molecular flexibility index (Phi) is 3.90. The Balaban J connectivity index is 2.15. The maximum absolute atomic E-state index is 12.0. The van der Waals surface area contributed by atoms with Crippen molar-refractivity contribution in [3.05, 3.63) is 47.7 Å². The maximum Gasteiger partial charge on any atom is 0.347 e. The summed E-state index contributed by atoms with van der Waals surface area (Å²) < 4.78 is 5.26. The van der Waals surface area contributed by atoms with E-state index in [4.69, 9.17) is 10.5 Å². The number of phenolic OH excluding ortho intramolecular Hbond substituents is 1. The lowest BCUT2D eigenvalue weighted by Crippen LogP contribution is -2.05. The first kappa shape index (κ1) is 13.2. The fourth-order valence-corrected chi connectivity index (χ4v) is 1.85. The number of anilines is 1. The molecule has 19 heavy (non-hydrogen) atoms. The van der Waals surface area contributed by atoms with Crippen LogP contribution in [0.5, 0.6) is 5.75 Å². The molecule has 1 aliphatic rings. The van der Waals surface area contributed by atoms with Crippen molar-refractivity contribution in [3.63, 3.8) is 0 Å². The molecule has 2 rings (SSSR count). The van der Waals surface area contributed by atoms with E-state index >= 15 is 0 Å².